The number of hydrogen-bond donors (Lipinski definition) is 1. The van der Waals surface area contributed by atoms with Crippen LogP contribution in [-0.4, -0.2) is 62.1 Å². The fourth-order valence-corrected chi connectivity index (χ4v) is 12.2. The normalized spacial score (nSPS) is 32.0. The van der Waals surface area contributed by atoms with Crippen molar-refractivity contribution in [1.29, 1.82) is 0 Å². The van der Waals surface area contributed by atoms with E-state index in [-0.39, 0.29) is 11.8 Å². The van der Waals surface area contributed by atoms with Crippen LogP contribution in [0.25, 0.3) is 22.2 Å². The molecular formula is C40H49N3O5S. The van der Waals surface area contributed by atoms with Gasteiger partial charge in [0, 0.05) is 53.5 Å². The summed E-state index contributed by atoms with van der Waals surface area (Å²) < 4.78 is 35.8. The number of carbonyl (C=O) groups excluding carboxylic acids is 2. The predicted molar refractivity (Wildman–Crippen MR) is 190 cm³/mol. The number of hydrogen-bond acceptors (Lipinski definition) is 6. The highest BCUT2D eigenvalue weighted by atomic mass is 32.2. The summed E-state index contributed by atoms with van der Waals surface area (Å²) in [5.74, 6) is 1.22. The standard InChI is InChI=1S/C40H49N3O5S/c1-24(2)49(46,47)41-37(45)26-10-12-30-33(16-26)43-23-40(36(44)27-18-38-14-15-39(38,19-27)22-42(3)21-38)20-32(40)31-17-28(48-4)11-13-29(31)35(43)34(30)25-8-6-5-7-9-25/h10-13,16-17,24-25,27,32H,5-9,14-15,18-23H2,1-4H3,(H,41,45)/t27?,32-,38?,39?,40-/m0/s1. The van der Waals surface area contributed by atoms with Crippen LogP contribution in [0.15, 0.2) is 36.4 Å². The van der Waals surface area contributed by atoms with Crippen molar-refractivity contribution >= 4 is 32.6 Å². The largest absolute Gasteiger partial charge is 0.497 e. The smallest absolute Gasteiger partial charge is 0.264 e. The number of methoxy groups -OCH3 is 1. The Morgan fingerprint density at radius 1 is 0.939 bits per heavy atom. The fraction of sp³-hybridized carbons (Fsp3) is 0.600. The van der Waals surface area contributed by atoms with E-state index < -0.39 is 26.6 Å². The minimum absolute atomic E-state index is 0.0824. The molecular weight excluding hydrogens is 635 g/mol. The number of benzene rings is 2. The van der Waals surface area contributed by atoms with E-state index in [2.05, 4.69) is 33.4 Å². The maximum atomic E-state index is 15.2. The molecule has 0 spiro atoms. The Kier molecular flexibility index (Phi) is 6.92. The number of nitrogens with one attached hydrogen (secondary N) is 1. The van der Waals surface area contributed by atoms with Crippen molar-refractivity contribution < 1.29 is 22.7 Å². The van der Waals surface area contributed by atoms with Gasteiger partial charge in [0.15, 0.2) is 0 Å². The van der Waals surface area contributed by atoms with E-state index in [4.69, 9.17) is 4.74 Å². The van der Waals surface area contributed by atoms with Crippen LogP contribution in [0, 0.1) is 22.2 Å². The van der Waals surface area contributed by atoms with E-state index in [0.29, 0.717) is 34.6 Å². The summed E-state index contributed by atoms with van der Waals surface area (Å²) in [4.78, 5) is 31.1. The molecule has 3 heterocycles. The number of ketones is 1. The van der Waals surface area contributed by atoms with E-state index >= 15 is 4.79 Å². The lowest BCUT2D eigenvalue weighted by molar-refractivity contribution is -0.129. The monoisotopic (exact) mass is 683 g/mol. The Balaban J connectivity index is 1.20. The summed E-state index contributed by atoms with van der Waals surface area (Å²) in [6.45, 7) is 5.94. The highest BCUT2D eigenvalue weighted by Gasteiger charge is 2.71. The number of likely N-dealkylation sites (tertiary alicyclic amines) is 1. The summed E-state index contributed by atoms with van der Waals surface area (Å²) in [7, 11) is 0.158. The molecule has 3 aromatic rings. The fourth-order valence-electron chi connectivity index (χ4n) is 11.6. The Labute approximate surface area is 290 Å². The van der Waals surface area contributed by atoms with Gasteiger partial charge in [-0.2, -0.15) is 0 Å². The van der Waals surface area contributed by atoms with Gasteiger partial charge in [0.25, 0.3) is 5.91 Å². The second kappa shape index (κ2) is 10.7. The molecule has 9 rings (SSSR count). The van der Waals surface area contributed by atoms with Crippen LogP contribution < -0.4 is 9.46 Å². The van der Waals surface area contributed by atoms with E-state index in [0.717, 1.165) is 61.8 Å². The lowest BCUT2D eigenvalue weighted by Crippen LogP contribution is -2.45. The number of ether oxygens (including phenoxy) is 1. The molecule has 49 heavy (non-hydrogen) atoms. The number of nitrogens with zero attached hydrogens (tertiary/aromatic N) is 2. The molecule has 2 unspecified atom stereocenters. The highest BCUT2D eigenvalue weighted by Crippen LogP contribution is 2.74. The minimum Gasteiger partial charge on any atom is -0.497 e. The lowest BCUT2D eigenvalue weighted by Gasteiger charge is -2.50. The van der Waals surface area contributed by atoms with Crippen molar-refractivity contribution in [2.45, 2.75) is 102 Å². The number of fused-ring (bicyclic) bond motifs is 7. The molecule has 5 fully saturated rings. The second-order valence-corrected chi connectivity index (χ2v) is 19.2. The maximum Gasteiger partial charge on any atom is 0.264 e. The maximum absolute atomic E-state index is 15.2. The van der Waals surface area contributed by atoms with Crippen LogP contribution in [0.3, 0.4) is 0 Å². The summed E-state index contributed by atoms with van der Waals surface area (Å²) >= 11 is 0. The molecule has 1 amide bonds. The molecule has 1 aromatic heterocycles. The molecule has 1 N–H and O–H groups in total. The van der Waals surface area contributed by atoms with Crippen LogP contribution in [0.2, 0.25) is 0 Å². The van der Waals surface area contributed by atoms with Crippen LogP contribution in [0.5, 0.6) is 5.75 Å². The van der Waals surface area contributed by atoms with Crippen molar-refractivity contribution in [2.75, 3.05) is 27.2 Å². The zero-order valence-electron chi connectivity index (χ0n) is 29.3. The van der Waals surface area contributed by atoms with Gasteiger partial charge in [-0.3, -0.25) is 9.59 Å². The molecule has 1 saturated heterocycles. The van der Waals surface area contributed by atoms with Crippen molar-refractivity contribution in [3.05, 3.63) is 53.1 Å². The van der Waals surface area contributed by atoms with Crippen LogP contribution >= 0.6 is 0 Å². The van der Waals surface area contributed by atoms with Crippen molar-refractivity contribution in [1.82, 2.24) is 14.2 Å². The zero-order chi connectivity index (χ0) is 34.1. The van der Waals surface area contributed by atoms with Crippen molar-refractivity contribution in [3.8, 4) is 17.0 Å². The molecule has 4 aliphatic carbocycles. The Morgan fingerprint density at radius 2 is 1.65 bits per heavy atom. The summed E-state index contributed by atoms with van der Waals surface area (Å²) in [6, 6.07) is 12.1. The SMILES string of the molecule is COc1ccc2c(c1)[C@@H]1C[C@]1(C(=O)C1CC34CCC3(C1)CN(C)C4)Cn1c-2c(C2CCCCC2)c2ccc(C(=O)NS(=O)(=O)C(C)C)cc21. The molecule has 2 aromatic carbocycles. The summed E-state index contributed by atoms with van der Waals surface area (Å²) in [6.07, 6.45) is 11.2. The first-order valence-electron chi connectivity index (χ1n) is 18.5. The van der Waals surface area contributed by atoms with Gasteiger partial charge in [0.2, 0.25) is 10.0 Å². The summed E-state index contributed by atoms with van der Waals surface area (Å²) in [5.41, 5.74) is 6.21. The van der Waals surface area contributed by atoms with Gasteiger partial charge in [-0.25, -0.2) is 13.1 Å². The molecule has 0 radical (unpaired) electrons. The Bertz CT molecular complexity index is 2010. The van der Waals surface area contributed by atoms with Crippen molar-refractivity contribution in [2.24, 2.45) is 22.2 Å². The summed E-state index contributed by atoms with van der Waals surface area (Å²) in [5, 5.41) is 0.390. The van der Waals surface area contributed by atoms with Gasteiger partial charge in [0.05, 0.1) is 23.5 Å². The molecule has 6 aliphatic rings. The molecule has 8 nitrogen and oxygen atoms in total. The first-order chi connectivity index (χ1) is 23.4. The van der Waals surface area contributed by atoms with Crippen LogP contribution in [-0.2, 0) is 21.4 Å². The van der Waals surface area contributed by atoms with Gasteiger partial charge < -0.3 is 14.2 Å². The number of rotatable bonds is 7. The van der Waals surface area contributed by atoms with E-state index in [1.54, 1.807) is 27.0 Å². The molecule has 4 saturated carbocycles. The van der Waals surface area contributed by atoms with E-state index in [1.165, 1.54) is 54.5 Å². The lowest BCUT2D eigenvalue weighted by atomic mass is 9.53. The molecule has 9 heteroatoms. The van der Waals surface area contributed by atoms with Crippen LogP contribution in [0.4, 0.5) is 0 Å². The Hall–Kier alpha value is -3.17. The molecule has 4 atom stereocenters. The zero-order valence-corrected chi connectivity index (χ0v) is 30.1. The molecule has 260 valence electrons. The quantitative estimate of drug-likeness (QED) is 0.288. The second-order valence-electron chi connectivity index (χ2n) is 17.0. The number of Topliss-reactive ketones (excluding diaryl/α,β-unsaturated/α-hetero) is 1. The first-order valence-corrected chi connectivity index (χ1v) is 20.1. The third-order valence-electron chi connectivity index (χ3n) is 14.1. The average molecular weight is 684 g/mol. The van der Waals surface area contributed by atoms with E-state index in [1.807, 2.05) is 18.2 Å². The molecule has 2 aliphatic heterocycles. The number of aromatic nitrogens is 1. The van der Waals surface area contributed by atoms with Crippen molar-refractivity contribution in [3.63, 3.8) is 0 Å². The minimum atomic E-state index is -3.79. The topological polar surface area (TPSA) is 97.7 Å². The number of carbonyl (C=O) groups is 2. The first kappa shape index (κ1) is 31.8. The van der Waals surface area contributed by atoms with Crippen LogP contribution in [0.1, 0.15) is 111 Å². The Morgan fingerprint density at radius 3 is 2.31 bits per heavy atom. The van der Waals surface area contributed by atoms with Gasteiger partial charge in [-0.05, 0) is 124 Å². The third-order valence-corrected chi connectivity index (χ3v) is 15.8. The van der Waals surface area contributed by atoms with Gasteiger partial charge in [-0.1, -0.05) is 25.3 Å². The predicted octanol–water partition coefficient (Wildman–Crippen LogP) is 7.01. The van der Waals surface area contributed by atoms with Gasteiger partial charge >= 0.3 is 0 Å². The third kappa shape index (κ3) is 4.46. The average Bonchev–Trinajstić information content (AvgIpc) is 3.64. The van der Waals surface area contributed by atoms with Gasteiger partial charge in [-0.15, -0.1) is 0 Å². The van der Waals surface area contributed by atoms with E-state index in [9.17, 15) is 13.2 Å². The highest BCUT2D eigenvalue weighted by molar-refractivity contribution is 7.90. The number of sulfonamides is 1. The molecule has 0 bridgehead atoms. The van der Waals surface area contributed by atoms with Gasteiger partial charge in [0.1, 0.15) is 11.5 Å². The number of amides is 1.